The Morgan fingerprint density at radius 3 is 2.52 bits per heavy atom. The minimum Gasteiger partial charge on any atom is -0.352 e. The second kappa shape index (κ2) is 9.60. The highest BCUT2D eigenvalue weighted by Crippen LogP contribution is 2.23. The molecule has 0 aliphatic heterocycles. The monoisotopic (exact) mass is 410 g/mol. The zero-order chi connectivity index (χ0) is 20.8. The van der Waals surface area contributed by atoms with Crippen molar-refractivity contribution in [3.8, 4) is 0 Å². The maximum absolute atomic E-state index is 12.7. The summed E-state index contributed by atoms with van der Waals surface area (Å²) < 4.78 is 0. The van der Waals surface area contributed by atoms with E-state index in [1.165, 1.54) is 0 Å². The summed E-state index contributed by atoms with van der Waals surface area (Å²) in [5.41, 5.74) is 3.67. The van der Waals surface area contributed by atoms with Crippen molar-refractivity contribution in [1.82, 2.24) is 20.2 Å². The fourth-order valence-corrected chi connectivity index (χ4v) is 3.78. The summed E-state index contributed by atoms with van der Waals surface area (Å²) in [6.07, 6.45) is 0. The smallest absolute Gasteiger partial charge is 0.254 e. The molecule has 1 aromatic heterocycles. The number of nitrogens with one attached hydrogen (secondary N) is 2. The molecule has 29 heavy (non-hydrogen) atoms. The number of carbonyl (C=O) groups is 2. The van der Waals surface area contributed by atoms with Crippen LogP contribution in [0.25, 0.3) is 11.0 Å². The molecule has 0 unspecified atom stereocenters. The molecule has 0 spiro atoms. The van der Waals surface area contributed by atoms with Gasteiger partial charge in [-0.15, -0.1) is 0 Å². The van der Waals surface area contributed by atoms with Crippen molar-refractivity contribution in [2.75, 3.05) is 13.1 Å². The molecule has 0 aliphatic carbocycles. The Hall–Kier alpha value is -2.80. The standard InChI is InChI=1S/C22H26N4O2S/c1-4-26(13-20(27)23-15(2)3)21(28)17-11-9-16(10-12-17)14-29-22-24-18-7-5-6-8-19(18)25-22/h5-12,15H,4,13-14H2,1-3H3,(H,23,27)(H,24,25). The van der Waals surface area contributed by atoms with Crippen molar-refractivity contribution in [2.45, 2.75) is 37.7 Å². The number of hydrogen-bond donors (Lipinski definition) is 2. The molecule has 3 aromatic rings. The number of carbonyl (C=O) groups excluding carboxylic acids is 2. The van der Waals surface area contributed by atoms with Gasteiger partial charge in [-0.3, -0.25) is 9.59 Å². The molecule has 152 valence electrons. The first kappa shape index (κ1) is 20.9. The van der Waals surface area contributed by atoms with Crippen molar-refractivity contribution >= 4 is 34.6 Å². The van der Waals surface area contributed by atoms with E-state index < -0.39 is 0 Å². The molecule has 0 radical (unpaired) electrons. The second-order valence-electron chi connectivity index (χ2n) is 7.09. The number of para-hydroxylation sites is 2. The number of rotatable bonds is 8. The molecule has 0 aliphatic rings. The molecule has 2 amide bonds. The number of nitrogens with zero attached hydrogens (tertiary/aromatic N) is 2. The summed E-state index contributed by atoms with van der Waals surface area (Å²) in [5.74, 6) is 0.472. The lowest BCUT2D eigenvalue weighted by molar-refractivity contribution is -0.122. The summed E-state index contributed by atoms with van der Waals surface area (Å²) in [7, 11) is 0. The van der Waals surface area contributed by atoms with Gasteiger partial charge in [-0.05, 0) is 50.6 Å². The van der Waals surface area contributed by atoms with Crippen molar-refractivity contribution in [1.29, 1.82) is 0 Å². The average Bonchev–Trinajstić information content (AvgIpc) is 3.13. The van der Waals surface area contributed by atoms with Crippen LogP contribution in [0.15, 0.2) is 53.7 Å². The van der Waals surface area contributed by atoms with Gasteiger partial charge in [0.1, 0.15) is 0 Å². The van der Waals surface area contributed by atoms with Crippen molar-refractivity contribution in [3.63, 3.8) is 0 Å². The number of aromatic amines is 1. The average molecular weight is 411 g/mol. The van der Waals surface area contributed by atoms with Crippen LogP contribution in [0, 0.1) is 0 Å². The Kier molecular flexibility index (Phi) is 6.93. The predicted molar refractivity (Wildman–Crippen MR) is 117 cm³/mol. The van der Waals surface area contributed by atoms with Crippen LogP contribution in [0.3, 0.4) is 0 Å². The van der Waals surface area contributed by atoms with Gasteiger partial charge >= 0.3 is 0 Å². The highest BCUT2D eigenvalue weighted by Gasteiger charge is 2.17. The maximum Gasteiger partial charge on any atom is 0.254 e. The maximum atomic E-state index is 12.7. The Morgan fingerprint density at radius 2 is 1.86 bits per heavy atom. The molecule has 0 atom stereocenters. The normalized spacial score (nSPS) is 11.0. The fraction of sp³-hybridized carbons (Fsp3) is 0.318. The van der Waals surface area contributed by atoms with Crippen LogP contribution >= 0.6 is 11.8 Å². The van der Waals surface area contributed by atoms with E-state index in [-0.39, 0.29) is 24.4 Å². The molecule has 0 fully saturated rings. The lowest BCUT2D eigenvalue weighted by atomic mass is 10.1. The minimum atomic E-state index is -0.144. The van der Waals surface area contributed by atoms with E-state index in [1.807, 2.05) is 69.3 Å². The second-order valence-corrected chi connectivity index (χ2v) is 8.05. The first-order chi connectivity index (χ1) is 14.0. The van der Waals surface area contributed by atoms with E-state index in [0.717, 1.165) is 27.5 Å². The Labute approximate surface area is 175 Å². The number of thioether (sulfide) groups is 1. The minimum absolute atomic E-state index is 0.0554. The largest absolute Gasteiger partial charge is 0.352 e. The number of fused-ring (bicyclic) bond motifs is 1. The molecular weight excluding hydrogens is 384 g/mol. The SMILES string of the molecule is CCN(CC(=O)NC(C)C)C(=O)c1ccc(CSc2nc3ccccc3[nH]2)cc1. The van der Waals surface area contributed by atoms with E-state index in [2.05, 4.69) is 15.3 Å². The molecule has 6 nitrogen and oxygen atoms in total. The first-order valence-corrected chi connectivity index (χ1v) is 10.7. The summed E-state index contributed by atoms with van der Waals surface area (Å²) in [5, 5.41) is 3.70. The molecule has 2 aromatic carbocycles. The highest BCUT2D eigenvalue weighted by molar-refractivity contribution is 7.98. The Morgan fingerprint density at radius 1 is 1.14 bits per heavy atom. The van der Waals surface area contributed by atoms with Crippen LogP contribution in [0.2, 0.25) is 0 Å². The summed E-state index contributed by atoms with van der Waals surface area (Å²) in [4.78, 5) is 34.1. The van der Waals surface area contributed by atoms with Crippen molar-refractivity contribution in [2.24, 2.45) is 0 Å². The lowest BCUT2D eigenvalue weighted by Gasteiger charge is -2.21. The Balaban J connectivity index is 1.59. The summed E-state index contributed by atoms with van der Waals surface area (Å²) in [6, 6.07) is 15.5. The van der Waals surface area contributed by atoms with Gasteiger partial charge in [-0.25, -0.2) is 4.98 Å². The number of likely N-dealkylation sites (N-methyl/N-ethyl adjacent to an activating group) is 1. The zero-order valence-electron chi connectivity index (χ0n) is 16.9. The Bertz CT molecular complexity index is 949. The van der Waals surface area contributed by atoms with Crippen LogP contribution in [0.1, 0.15) is 36.7 Å². The van der Waals surface area contributed by atoms with Gasteiger partial charge in [-0.2, -0.15) is 0 Å². The van der Waals surface area contributed by atoms with Gasteiger partial charge in [-0.1, -0.05) is 36.0 Å². The summed E-state index contributed by atoms with van der Waals surface area (Å²) in [6.45, 7) is 6.22. The van der Waals surface area contributed by atoms with E-state index in [1.54, 1.807) is 16.7 Å². The van der Waals surface area contributed by atoms with Gasteiger partial charge in [0.05, 0.1) is 17.6 Å². The fourth-order valence-electron chi connectivity index (χ4n) is 2.94. The molecule has 1 heterocycles. The van der Waals surface area contributed by atoms with Gasteiger partial charge in [0.15, 0.2) is 5.16 Å². The molecule has 0 saturated heterocycles. The van der Waals surface area contributed by atoms with E-state index in [4.69, 9.17) is 0 Å². The number of H-pyrrole nitrogens is 1. The zero-order valence-corrected chi connectivity index (χ0v) is 17.8. The third-order valence-electron chi connectivity index (χ3n) is 4.40. The molecule has 2 N–H and O–H groups in total. The van der Waals surface area contributed by atoms with Crippen LogP contribution in [0.5, 0.6) is 0 Å². The van der Waals surface area contributed by atoms with Crippen molar-refractivity contribution < 1.29 is 9.59 Å². The molecule has 7 heteroatoms. The number of aromatic nitrogens is 2. The number of imidazole rings is 1. The number of amides is 2. The molecular formula is C22H26N4O2S. The van der Waals surface area contributed by atoms with Crippen LogP contribution in [0.4, 0.5) is 0 Å². The van der Waals surface area contributed by atoms with Crippen LogP contribution in [-0.2, 0) is 10.5 Å². The van der Waals surface area contributed by atoms with E-state index in [9.17, 15) is 9.59 Å². The predicted octanol–water partition coefficient (Wildman–Crippen LogP) is 3.84. The van der Waals surface area contributed by atoms with E-state index in [0.29, 0.717) is 12.1 Å². The molecule has 0 bridgehead atoms. The topological polar surface area (TPSA) is 78.1 Å². The highest BCUT2D eigenvalue weighted by atomic mass is 32.2. The third kappa shape index (κ3) is 5.60. The van der Waals surface area contributed by atoms with Crippen molar-refractivity contribution in [3.05, 3.63) is 59.7 Å². The van der Waals surface area contributed by atoms with Gasteiger partial charge in [0, 0.05) is 23.9 Å². The van der Waals surface area contributed by atoms with Gasteiger partial charge < -0.3 is 15.2 Å². The van der Waals surface area contributed by atoms with E-state index >= 15 is 0 Å². The third-order valence-corrected chi connectivity index (χ3v) is 5.34. The van der Waals surface area contributed by atoms with Crippen LogP contribution in [-0.4, -0.2) is 45.8 Å². The number of hydrogen-bond acceptors (Lipinski definition) is 4. The molecule has 0 saturated carbocycles. The molecule has 3 rings (SSSR count). The quantitative estimate of drug-likeness (QED) is 0.553. The first-order valence-electron chi connectivity index (χ1n) is 9.71. The van der Waals surface area contributed by atoms with Gasteiger partial charge in [0.25, 0.3) is 5.91 Å². The van der Waals surface area contributed by atoms with Crippen LogP contribution < -0.4 is 5.32 Å². The number of benzene rings is 2. The van der Waals surface area contributed by atoms with Gasteiger partial charge in [0.2, 0.25) is 5.91 Å². The summed E-state index contributed by atoms with van der Waals surface area (Å²) >= 11 is 1.62. The lowest BCUT2D eigenvalue weighted by Crippen LogP contribution is -2.42.